The van der Waals surface area contributed by atoms with Gasteiger partial charge in [0.05, 0.1) is 10.6 Å². The number of carbonyl (C=O) groups is 2. The Morgan fingerprint density at radius 1 is 0.788 bits per heavy atom. The Hall–Kier alpha value is -2.93. The van der Waals surface area contributed by atoms with Crippen molar-refractivity contribution in [1.82, 2.24) is 5.32 Å². The number of amides is 2. The number of carbonyl (C=O) groups excluding carboxylic acids is 2. The minimum Gasteiger partial charge on any atom is -0.332 e. The van der Waals surface area contributed by atoms with Crippen LogP contribution in [0, 0.1) is 0 Å². The zero-order valence-corrected chi connectivity index (χ0v) is 20.7. The van der Waals surface area contributed by atoms with Crippen LogP contribution in [-0.4, -0.2) is 16.9 Å². The second-order valence-electron chi connectivity index (χ2n) is 8.39. The number of thiocarbonyl (C=S) groups is 1. The van der Waals surface area contributed by atoms with Crippen molar-refractivity contribution in [1.29, 1.82) is 0 Å². The highest BCUT2D eigenvalue weighted by molar-refractivity contribution is 7.80. The standard InChI is InChI=1S/C25H23Cl2N3O2S/c1-25(2,3)16-6-4-15(5-7-16)22(31)28-18-9-11-19(12-10-18)29-24(33)30-23(32)20-14-17(26)8-13-21(20)27/h4-14H,1-3H3,(H,28,31)(H2,29,30,32,33). The van der Waals surface area contributed by atoms with Gasteiger partial charge >= 0.3 is 0 Å². The number of hydrogen-bond acceptors (Lipinski definition) is 3. The van der Waals surface area contributed by atoms with E-state index in [1.807, 2.05) is 24.3 Å². The molecule has 0 aliphatic rings. The van der Waals surface area contributed by atoms with Gasteiger partial charge in [-0.2, -0.15) is 0 Å². The van der Waals surface area contributed by atoms with Gasteiger partial charge in [-0.3, -0.25) is 14.9 Å². The minimum absolute atomic E-state index is 0.0261. The van der Waals surface area contributed by atoms with Crippen molar-refractivity contribution < 1.29 is 9.59 Å². The second kappa shape index (κ2) is 10.3. The molecule has 0 aromatic heterocycles. The van der Waals surface area contributed by atoms with E-state index >= 15 is 0 Å². The Morgan fingerprint density at radius 2 is 1.36 bits per heavy atom. The van der Waals surface area contributed by atoms with E-state index in [0.717, 1.165) is 5.56 Å². The first-order chi connectivity index (χ1) is 15.5. The highest BCUT2D eigenvalue weighted by atomic mass is 35.5. The third-order valence-electron chi connectivity index (χ3n) is 4.81. The summed E-state index contributed by atoms with van der Waals surface area (Å²) in [5, 5.41) is 9.12. The lowest BCUT2D eigenvalue weighted by Crippen LogP contribution is -2.34. The summed E-state index contributed by atoms with van der Waals surface area (Å²) in [6.07, 6.45) is 0. The van der Waals surface area contributed by atoms with Gasteiger partial charge in [0.1, 0.15) is 0 Å². The SMILES string of the molecule is CC(C)(C)c1ccc(C(=O)Nc2ccc(NC(=S)NC(=O)c3cc(Cl)ccc3Cl)cc2)cc1. The lowest BCUT2D eigenvalue weighted by molar-refractivity contribution is 0.0976. The molecule has 2 amide bonds. The lowest BCUT2D eigenvalue weighted by Gasteiger charge is -2.19. The van der Waals surface area contributed by atoms with Crippen molar-refractivity contribution in [3.05, 3.63) is 93.5 Å². The average Bonchev–Trinajstić information content (AvgIpc) is 2.76. The highest BCUT2D eigenvalue weighted by Gasteiger charge is 2.15. The number of nitrogens with one attached hydrogen (secondary N) is 3. The first-order valence-corrected chi connectivity index (χ1v) is 11.3. The number of anilines is 2. The average molecular weight is 500 g/mol. The summed E-state index contributed by atoms with van der Waals surface area (Å²) in [4.78, 5) is 24.9. The number of rotatable bonds is 4. The van der Waals surface area contributed by atoms with E-state index in [2.05, 4.69) is 36.7 Å². The summed E-state index contributed by atoms with van der Waals surface area (Å²) in [6, 6.07) is 19.1. The van der Waals surface area contributed by atoms with Crippen LogP contribution in [0.15, 0.2) is 66.7 Å². The number of benzene rings is 3. The van der Waals surface area contributed by atoms with Gasteiger partial charge in [-0.05, 0) is 77.8 Å². The van der Waals surface area contributed by atoms with Crippen LogP contribution < -0.4 is 16.0 Å². The highest BCUT2D eigenvalue weighted by Crippen LogP contribution is 2.23. The van der Waals surface area contributed by atoms with Crippen LogP contribution in [0.5, 0.6) is 0 Å². The van der Waals surface area contributed by atoms with E-state index in [1.165, 1.54) is 6.07 Å². The van der Waals surface area contributed by atoms with Crippen LogP contribution in [0.2, 0.25) is 10.0 Å². The second-order valence-corrected chi connectivity index (χ2v) is 9.64. The normalized spacial score (nSPS) is 10.9. The third-order valence-corrected chi connectivity index (χ3v) is 5.58. The van der Waals surface area contributed by atoms with Crippen LogP contribution in [0.3, 0.4) is 0 Å². The zero-order chi connectivity index (χ0) is 24.2. The molecule has 0 bridgehead atoms. The van der Waals surface area contributed by atoms with Gasteiger partial charge in [-0.25, -0.2) is 0 Å². The van der Waals surface area contributed by atoms with E-state index in [0.29, 0.717) is 22.0 Å². The molecule has 170 valence electrons. The first kappa shape index (κ1) is 24.7. The van der Waals surface area contributed by atoms with Gasteiger partial charge in [0.25, 0.3) is 11.8 Å². The van der Waals surface area contributed by atoms with Gasteiger partial charge in [-0.1, -0.05) is 56.1 Å². The van der Waals surface area contributed by atoms with E-state index in [4.69, 9.17) is 35.4 Å². The van der Waals surface area contributed by atoms with Gasteiger partial charge in [0, 0.05) is 22.0 Å². The molecule has 0 aliphatic carbocycles. The maximum atomic E-state index is 12.5. The minimum atomic E-state index is -0.471. The zero-order valence-electron chi connectivity index (χ0n) is 18.3. The topological polar surface area (TPSA) is 70.2 Å². The van der Waals surface area contributed by atoms with Crippen molar-refractivity contribution in [2.75, 3.05) is 10.6 Å². The number of halogens is 2. The maximum absolute atomic E-state index is 12.5. The Labute approximate surface area is 208 Å². The molecule has 0 aliphatic heterocycles. The number of hydrogen-bond donors (Lipinski definition) is 3. The fourth-order valence-electron chi connectivity index (χ4n) is 2.97. The molecule has 33 heavy (non-hydrogen) atoms. The molecule has 0 spiro atoms. The van der Waals surface area contributed by atoms with Crippen LogP contribution in [0.1, 0.15) is 47.1 Å². The molecular formula is C25H23Cl2N3O2S. The predicted molar refractivity (Wildman–Crippen MR) is 140 cm³/mol. The lowest BCUT2D eigenvalue weighted by atomic mass is 9.87. The monoisotopic (exact) mass is 499 g/mol. The van der Waals surface area contributed by atoms with Crippen molar-refractivity contribution in [2.24, 2.45) is 0 Å². The fourth-order valence-corrected chi connectivity index (χ4v) is 3.55. The molecule has 0 saturated carbocycles. The summed E-state index contributed by atoms with van der Waals surface area (Å²) in [6.45, 7) is 6.38. The summed E-state index contributed by atoms with van der Waals surface area (Å²) < 4.78 is 0. The van der Waals surface area contributed by atoms with Crippen LogP contribution in [0.25, 0.3) is 0 Å². The van der Waals surface area contributed by atoms with Crippen molar-refractivity contribution in [3.8, 4) is 0 Å². The van der Waals surface area contributed by atoms with Crippen molar-refractivity contribution in [3.63, 3.8) is 0 Å². The molecule has 0 fully saturated rings. The van der Waals surface area contributed by atoms with Gasteiger partial charge in [0.15, 0.2) is 5.11 Å². The third kappa shape index (κ3) is 6.78. The molecule has 5 nitrogen and oxygen atoms in total. The van der Waals surface area contributed by atoms with Gasteiger partial charge in [0.2, 0.25) is 0 Å². The van der Waals surface area contributed by atoms with Crippen molar-refractivity contribution in [2.45, 2.75) is 26.2 Å². The van der Waals surface area contributed by atoms with E-state index in [1.54, 1.807) is 36.4 Å². The quantitative estimate of drug-likeness (QED) is 0.350. The van der Waals surface area contributed by atoms with E-state index in [9.17, 15) is 9.59 Å². The maximum Gasteiger partial charge on any atom is 0.258 e. The van der Waals surface area contributed by atoms with Crippen LogP contribution in [-0.2, 0) is 5.41 Å². The van der Waals surface area contributed by atoms with Gasteiger partial charge < -0.3 is 10.6 Å². The van der Waals surface area contributed by atoms with Crippen LogP contribution in [0.4, 0.5) is 11.4 Å². The molecule has 0 saturated heterocycles. The van der Waals surface area contributed by atoms with Crippen LogP contribution >= 0.6 is 35.4 Å². The molecular weight excluding hydrogens is 477 g/mol. The molecule has 0 unspecified atom stereocenters. The Kier molecular flexibility index (Phi) is 7.74. The summed E-state index contributed by atoms with van der Waals surface area (Å²) in [5.74, 6) is -0.668. The smallest absolute Gasteiger partial charge is 0.258 e. The molecule has 3 aromatic rings. The Morgan fingerprint density at radius 3 is 1.94 bits per heavy atom. The fraction of sp³-hybridized carbons (Fsp3) is 0.160. The molecule has 0 heterocycles. The summed E-state index contributed by atoms with van der Waals surface area (Å²) in [7, 11) is 0. The predicted octanol–water partition coefficient (Wildman–Crippen LogP) is 6.67. The summed E-state index contributed by atoms with van der Waals surface area (Å²) in [5.41, 5.74) is 3.26. The molecule has 0 radical (unpaired) electrons. The summed E-state index contributed by atoms with van der Waals surface area (Å²) >= 11 is 17.2. The molecule has 3 aromatic carbocycles. The first-order valence-electron chi connectivity index (χ1n) is 10.1. The Balaban J connectivity index is 1.57. The molecule has 0 atom stereocenters. The Bertz CT molecular complexity index is 1190. The van der Waals surface area contributed by atoms with Crippen molar-refractivity contribution >= 4 is 63.7 Å². The van der Waals surface area contributed by atoms with Gasteiger partial charge in [-0.15, -0.1) is 0 Å². The largest absolute Gasteiger partial charge is 0.332 e. The van der Waals surface area contributed by atoms with E-state index < -0.39 is 5.91 Å². The molecule has 3 N–H and O–H groups in total. The molecule has 8 heteroatoms. The molecule has 3 rings (SSSR count). The van der Waals surface area contributed by atoms with E-state index in [-0.39, 0.29) is 27.0 Å².